The molecule has 1 aliphatic heterocycles. The molecule has 0 saturated heterocycles. The van der Waals surface area contributed by atoms with Crippen molar-refractivity contribution in [2.75, 3.05) is 5.32 Å². The summed E-state index contributed by atoms with van der Waals surface area (Å²) in [5.74, 6) is 1.24. The maximum Gasteiger partial charge on any atom is 0.258 e. The Morgan fingerprint density at radius 2 is 1.90 bits per heavy atom. The summed E-state index contributed by atoms with van der Waals surface area (Å²) in [6.45, 7) is 8.10. The van der Waals surface area contributed by atoms with Gasteiger partial charge in [-0.1, -0.05) is 45.0 Å². The molecule has 0 amide bonds. The van der Waals surface area contributed by atoms with Gasteiger partial charge in [0, 0.05) is 23.6 Å². The number of rotatable bonds is 2. The molecule has 7 heteroatoms. The van der Waals surface area contributed by atoms with Crippen molar-refractivity contribution < 1.29 is 4.79 Å². The lowest BCUT2D eigenvalue weighted by molar-refractivity contribution is -0.118. The van der Waals surface area contributed by atoms with E-state index in [2.05, 4.69) is 53.3 Å². The molecule has 1 atom stereocenters. The lowest BCUT2D eigenvalue weighted by Crippen LogP contribution is -2.37. The van der Waals surface area contributed by atoms with E-state index in [1.54, 1.807) is 11.4 Å². The summed E-state index contributed by atoms with van der Waals surface area (Å²) < 4.78 is 1.65. The van der Waals surface area contributed by atoms with Gasteiger partial charge in [0.25, 0.3) is 5.56 Å². The second-order valence-corrected chi connectivity index (χ2v) is 9.10. The van der Waals surface area contributed by atoms with Crippen LogP contribution >= 0.6 is 0 Å². The maximum atomic E-state index is 13.3. The number of nitrogens with zero attached hydrogens (tertiary/aromatic N) is 3. The highest BCUT2D eigenvalue weighted by Gasteiger charge is 2.42. The highest BCUT2D eigenvalue weighted by molar-refractivity contribution is 6.01. The molecule has 2 aromatic heterocycles. The highest BCUT2D eigenvalue weighted by Crippen LogP contribution is 2.47. The number of nitrogens with one attached hydrogen (secondary N) is 2. The Morgan fingerprint density at radius 1 is 1.17 bits per heavy atom. The van der Waals surface area contributed by atoms with Crippen molar-refractivity contribution in [2.45, 2.75) is 52.9 Å². The fourth-order valence-electron chi connectivity index (χ4n) is 4.78. The van der Waals surface area contributed by atoms with E-state index in [0.717, 1.165) is 24.1 Å². The first-order chi connectivity index (χ1) is 14.3. The summed E-state index contributed by atoms with van der Waals surface area (Å²) in [4.78, 5) is 33.7. The molecule has 154 valence electrons. The lowest BCUT2D eigenvalue weighted by atomic mass is 9.69. The van der Waals surface area contributed by atoms with Crippen LogP contribution in [0.2, 0.25) is 0 Å². The third-order valence-corrected chi connectivity index (χ3v) is 6.14. The molecular weight excluding hydrogens is 378 g/mol. The van der Waals surface area contributed by atoms with E-state index >= 15 is 0 Å². The molecule has 0 unspecified atom stereocenters. The molecule has 0 spiro atoms. The minimum absolute atomic E-state index is 0.0956. The summed E-state index contributed by atoms with van der Waals surface area (Å²) in [5.41, 5.74) is 3.87. The second-order valence-electron chi connectivity index (χ2n) is 9.10. The molecule has 3 aromatic rings. The number of anilines is 1. The van der Waals surface area contributed by atoms with E-state index in [1.807, 2.05) is 12.1 Å². The van der Waals surface area contributed by atoms with Crippen LogP contribution in [0.5, 0.6) is 0 Å². The van der Waals surface area contributed by atoms with Gasteiger partial charge in [0.1, 0.15) is 11.6 Å². The molecule has 5 rings (SSSR count). The molecule has 2 N–H and O–H groups in total. The summed E-state index contributed by atoms with van der Waals surface area (Å²) in [5, 5.41) is 7.89. The zero-order chi connectivity index (χ0) is 21.2. The van der Waals surface area contributed by atoms with E-state index in [9.17, 15) is 9.59 Å². The average molecular weight is 403 g/mol. The van der Waals surface area contributed by atoms with Gasteiger partial charge >= 0.3 is 0 Å². The number of carbonyl (C=O) groups is 1. The van der Waals surface area contributed by atoms with Crippen molar-refractivity contribution in [1.82, 2.24) is 19.6 Å². The third kappa shape index (κ3) is 2.80. The van der Waals surface area contributed by atoms with Crippen LogP contribution in [0.1, 0.15) is 62.0 Å². The summed E-state index contributed by atoms with van der Waals surface area (Å²) in [6, 6.07) is 8.21. The van der Waals surface area contributed by atoms with Gasteiger partial charge in [0.15, 0.2) is 5.78 Å². The quantitative estimate of drug-likeness (QED) is 0.683. The van der Waals surface area contributed by atoms with E-state index in [4.69, 9.17) is 0 Å². The monoisotopic (exact) mass is 403 g/mol. The normalized spacial score (nSPS) is 20.1. The average Bonchev–Trinajstić information content (AvgIpc) is 3.06. The molecular formula is C23H25N5O2. The standard InChI is InChI=1S/C23H25N5O2/c1-5-13-6-8-14(9-7-13)17-18-15(10-23(3,4)11-16(18)29)25-20-19(17)21(30)26-22-24-12(2)27-28(20)22/h6-9,17,25H,5,10-11H2,1-4H3,(H,24,26,27,30)/t17-/m0/s1. The number of ketones is 1. The Bertz CT molecular complexity index is 1280. The van der Waals surface area contributed by atoms with E-state index in [1.165, 1.54) is 5.56 Å². The number of fused-ring (bicyclic) bond motifs is 3. The number of aromatic amines is 1. The van der Waals surface area contributed by atoms with Crippen LogP contribution in [0.3, 0.4) is 0 Å². The van der Waals surface area contributed by atoms with Gasteiger partial charge in [-0.15, -0.1) is 5.10 Å². The fourth-order valence-corrected chi connectivity index (χ4v) is 4.78. The van der Waals surface area contributed by atoms with E-state index < -0.39 is 5.92 Å². The van der Waals surface area contributed by atoms with Crippen molar-refractivity contribution in [3.63, 3.8) is 0 Å². The van der Waals surface area contributed by atoms with Gasteiger partial charge in [-0.25, -0.2) is 0 Å². The van der Waals surface area contributed by atoms with E-state index in [-0.39, 0.29) is 16.8 Å². The van der Waals surface area contributed by atoms with Crippen LogP contribution in [0.25, 0.3) is 5.78 Å². The summed E-state index contributed by atoms with van der Waals surface area (Å²) in [6.07, 6.45) is 2.14. The van der Waals surface area contributed by atoms with Gasteiger partial charge < -0.3 is 5.32 Å². The molecule has 3 heterocycles. The maximum absolute atomic E-state index is 13.3. The number of H-pyrrole nitrogens is 1. The number of benzene rings is 1. The van der Waals surface area contributed by atoms with E-state index in [0.29, 0.717) is 35.0 Å². The number of carbonyl (C=O) groups excluding carboxylic acids is 1. The van der Waals surface area contributed by atoms with Crippen molar-refractivity contribution in [3.8, 4) is 0 Å². The predicted octanol–water partition coefficient (Wildman–Crippen LogP) is 3.49. The SMILES string of the molecule is CCc1ccc([C@H]2C3=C(CC(C)(C)CC3=O)Nc3c2c(=O)[nH]c2nc(C)nn32)cc1. The molecule has 0 saturated carbocycles. The van der Waals surface area contributed by atoms with Gasteiger partial charge in [-0.3, -0.25) is 14.6 Å². The van der Waals surface area contributed by atoms with Crippen LogP contribution in [0, 0.1) is 12.3 Å². The van der Waals surface area contributed by atoms with Crippen molar-refractivity contribution in [1.29, 1.82) is 0 Å². The smallest absolute Gasteiger partial charge is 0.258 e. The van der Waals surface area contributed by atoms with Crippen LogP contribution in [0.15, 0.2) is 40.3 Å². The number of hydrogen-bond donors (Lipinski definition) is 2. The molecule has 1 aromatic carbocycles. The molecule has 0 fully saturated rings. The summed E-state index contributed by atoms with van der Waals surface area (Å²) in [7, 11) is 0. The molecule has 30 heavy (non-hydrogen) atoms. The van der Waals surface area contributed by atoms with Gasteiger partial charge in [-0.2, -0.15) is 9.50 Å². The van der Waals surface area contributed by atoms with Crippen LogP contribution in [-0.2, 0) is 11.2 Å². The van der Waals surface area contributed by atoms with Gasteiger partial charge in [-0.05, 0) is 36.3 Å². The molecule has 2 aliphatic rings. The zero-order valence-corrected chi connectivity index (χ0v) is 17.7. The Labute approximate surface area is 174 Å². The van der Waals surface area contributed by atoms with Crippen molar-refractivity contribution in [2.24, 2.45) is 5.41 Å². The number of Topliss-reactive ketones (excluding diaryl/α,β-unsaturated/α-hetero) is 1. The number of allylic oxidation sites excluding steroid dienone is 2. The highest BCUT2D eigenvalue weighted by atomic mass is 16.1. The number of aryl methyl sites for hydroxylation is 2. The topological polar surface area (TPSA) is 92.1 Å². The Kier molecular flexibility index (Phi) is 4.00. The largest absolute Gasteiger partial charge is 0.343 e. The Morgan fingerprint density at radius 3 is 2.60 bits per heavy atom. The first-order valence-electron chi connectivity index (χ1n) is 10.4. The number of aromatic nitrogens is 4. The molecule has 0 bridgehead atoms. The van der Waals surface area contributed by atoms with Crippen molar-refractivity contribution >= 4 is 17.4 Å². The minimum atomic E-state index is -0.427. The Balaban J connectivity index is 1.81. The van der Waals surface area contributed by atoms with Gasteiger partial charge in [0.05, 0.1) is 5.56 Å². The first kappa shape index (κ1) is 18.8. The predicted molar refractivity (Wildman–Crippen MR) is 115 cm³/mol. The molecule has 1 aliphatic carbocycles. The lowest BCUT2D eigenvalue weighted by Gasteiger charge is -2.38. The van der Waals surface area contributed by atoms with Crippen molar-refractivity contribution in [3.05, 3.63) is 68.4 Å². The van der Waals surface area contributed by atoms with Crippen LogP contribution in [-0.4, -0.2) is 25.4 Å². The molecule has 7 nitrogen and oxygen atoms in total. The fraction of sp³-hybridized carbons (Fsp3) is 0.391. The second kappa shape index (κ2) is 6.39. The Hall–Kier alpha value is -3.22. The minimum Gasteiger partial charge on any atom is -0.343 e. The summed E-state index contributed by atoms with van der Waals surface area (Å²) >= 11 is 0. The van der Waals surface area contributed by atoms with Crippen LogP contribution < -0.4 is 10.9 Å². The molecule has 0 radical (unpaired) electrons. The zero-order valence-electron chi connectivity index (χ0n) is 17.7. The first-order valence-corrected chi connectivity index (χ1v) is 10.4. The third-order valence-electron chi connectivity index (χ3n) is 6.14. The van der Waals surface area contributed by atoms with Crippen LogP contribution in [0.4, 0.5) is 5.82 Å². The van der Waals surface area contributed by atoms with Gasteiger partial charge in [0.2, 0.25) is 5.78 Å². The number of hydrogen-bond acceptors (Lipinski definition) is 5.